The van der Waals surface area contributed by atoms with Crippen molar-refractivity contribution in [1.29, 1.82) is 0 Å². The summed E-state index contributed by atoms with van der Waals surface area (Å²) in [5.74, 6) is 1.94. The topological polar surface area (TPSA) is 17.1 Å². The standard InChI is InChI=1S/C11H13BrOS2/c1-11(14-6-3-7-15(11)13)9-4-2-5-10(12)8-9/h2,4-5,8H,3,6-7H2,1H3/t11-,15?/m1/s1. The zero-order valence-corrected chi connectivity index (χ0v) is 11.8. The Morgan fingerprint density at radius 1 is 1.53 bits per heavy atom. The van der Waals surface area contributed by atoms with Gasteiger partial charge in [0.05, 0.1) is 0 Å². The van der Waals surface area contributed by atoms with E-state index in [1.54, 1.807) is 0 Å². The highest BCUT2D eigenvalue weighted by Crippen LogP contribution is 2.43. The van der Waals surface area contributed by atoms with Gasteiger partial charge in [-0.05, 0) is 36.8 Å². The highest BCUT2D eigenvalue weighted by atomic mass is 79.9. The van der Waals surface area contributed by atoms with Crippen LogP contribution >= 0.6 is 27.7 Å². The lowest BCUT2D eigenvalue weighted by atomic mass is 10.2. The predicted molar refractivity (Wildman–Crippen MR) is 71.6 cm³/mol. The zero-order chi connectivity index (χ0) is 10.9. The van der Waals surface area contributed by atoms with Gasteiger partial charge in [0.25, 0.3) is 0 Å². The summed E-state index contributed by atoms with van der Waals surface area (Å²) in [4.78, 5) is 0. The molecule has 1 heterocycles. The van der Waals surface area contributed by atoms with Gasteiger partial charge in [0.1, 0.15) is 4.08 Å². The van der Waals surface area contributed by atoms with Crippen LogP contribution in [0.1, 0.15) is 18.9 Å². The van der Waals surface area contributed by atoms with E-state index in [9.17, 15) is 4.21 Å². The molecule has 0 amide bonds. The second kappa shape index (κ2) is 4.60. The summed E-state index contributed by atoms with van der Waals surface area (Å²) >= 11 is 5.28. The third kappa shape index (κ3) is 2.32. The van der Waals surface area contributed by atoms with Crippen molar-refractivity contribution < 1.29 is 4.21 Å². The van der Waals surface area contributed by atoms with Crippen LogP contribution in [0, 0.1) is 0 Å². The van der Waals surface area contributed by atoms with Crippen LogP contribution in [-0.2, 0) is 14.9 Å². The Morgan fingerprint density at radius 3 is 3.00 bits per heavy atom. The summed E-state index contributed by atoms with van der Waals surface area (Å²) in [7, 11) is -0.761. The first-order valence-corrected chi connectivity index (χ1v) is 8.01. The second-order valence-electron chi connectivity index (χ2n) is 3.71. The summed E-state index contributed by atoms with van der Waals surface area (Å²) < 4.78 is 12.9. The van der Waals surface area contributed by atoms with Crippen LogP contribution in [0.15, 0.2) is 28.7 Å². The molecule has 1 aliphatic rings. The van der Waals surface area contributed by atoms with Crippen molar-refractivity contribution in [3.63, 3.8) is 0 Å². The van der Waals surface area contributed by atoms with Gasteiger partial charge in [-0.25, -0.2) is 0 Å². The Morgan fingerprint density at radius 2 is 2.33 bits per heavy atom. The molecule has 1 aromatic carbocycles. The van der Waals surface area contributed by atoms with E-state index >= 15 is 0 Å². The lowest BCUT2D eigenvalue weighted by Gasteiger charge is -2.32. The maximum atomic E-state index is 12.1. The Hall–Kier alpha value is 0.200. The van der Waals surface area contributed by atoms with Crippen molar-refractivity contribution in [2.45, 2.75) is 17.4 Å². The van der Waals surface area contributed by atoms with Gasteiger partial charge < -0.3 is 0 Å². The van der Waals surface area contributed by atoms with E-state index in [4.69, 9.17) is 0 Å². The summed E-state index contributed by atoms with van der Waals surface area (Å²) in [6.07, 6.45) is 1.07. The molecule has 4 heteroatoms. The normalized spacial score (nSPS) is 31.5. The summed E-state index contributed by atoms with van der Waals surface area (Å²) in [6.45, 7) is 2.09. The van der Waals surface area contributed by atoms with Gasteiger partial charge in [-0.1, -0.05) is 28.1 Å². The lowest BCUT2D eigenvalue weighted by molar-refractivity contribution is 0.667. The molecule has 0 aliphatic carbocycles. The molecule has 82 valence electrons. The minimum absolute atomic E-state index is 0.220. The average Bonchev–Trinajstić information content (AvgIpc) is 2.23. The number of halogens is 1. The van der Waals surface area contributed by atoms with Gasteiger partial charge in [-0.3, -0.25) is 4.21 Å². The monoisotopic (exact) mass is 304 g/mol. The van der Waals surface area contributed by atoms with Gasteiger partial charge in [0.2, 0.25) is 0 Å². The van der Waals surface area contributed by atoms with Crippen molar-refractivity contribution >= 4 is 38.5 Å². The molecule has 2 atom stereocenters. The number of rotatable bonds is 1. The molecule has 0 bridgehead atoms. The molecule has 1 aromatic rings. The summed E-state index contributed by atoms with van der Waals surface area (Å²) in [6, 6.07) is 8.16. The molecule has 1 aliphatic heterocycles. The van der Waals surface area contributed by atoms with Gasteiger partial charge in [0, 0.05) is 21.0 Å². The predicted octanol–water partition coefficient (Wildman–Crippen LogP) is 3.51. The largest absolute Gasteiger partial charge is 0.258 e. The van der Waals surface area contributed by atoms with Crippen molar-refractivity contribution in [3.05, 3.63) is 34.3 Å². The number of hydrogen-bond donors (Lipinski definition) is 0. The van der Waals surface area contributed by atoms with Crippen LogP contribution in [0.2, 0.25) is 0 Å². The maximum Gasteiger partial charge on any atom is 0.113 e. The molecule has 1 saturated heterocycles. The fraction of sp³-hybridized carbons (Fsp3) is 0.455. The van der Waals surface area contributed by atoms with Crippen molar-refractivity contribution in [3.8, 4) is 0 Å². The minimum atomic E-state index is -0.761. The van der Waals surface area contributed by atoms with Gasteiger partial charge >= 0.3 is 0 Å². The van der Waals surface area contributed by atoms with Crippen molar-refractivity contribution in [2.24, 2.45) is 0 Å². The van der Waals surface area contributed by atoms with Gasteiger partial charge in [0.15, 0.2) is 0 Å². The van der Waals surface area contributed by atoms with E-state index in [0.717, 1.165) is 22.4 Å². The molecule has 15 heavy (non-hydrogen) atoms. The number of benzene rings is 1. The molecule has 1 nitrogen and oxygen atoms in total. The zero-order valence-electron chi connectivity index (χ0n) is 8.53. The molecule has 0 radical (unpaired) electrons. The summed E-state index contributed by atoms with van der Waals surface area (Å²) in [5.41, 5.74) is 1.17. The van der Waals surface area contributed by atoms with Gasteiger partial charge in [-0.2, -0.15) is 0 Å². The fourth-order valence-electron chi connectivity index (χ4n) is 1.70. The van der Waals surface area contributed by atoms with E-state index < -0.39 is 10.8 Å². The molecular weight excluding hydrogens is 292 g/mol. The molecule has 0 saturated carbocycles. The highest BCUT2D eigenvalue weighted by Gasteiger charge is 2.36. The molecule has 1 fully saturated rings. The van der Waals surface area contributed by atoms with E-state index in [1.165, 1.54) is 5.56 Å². The maximum absolute atomic E-state index is 12.1. The first-order chi connectivity index (χ1) is 7.13. The lowest BCUT2D eigenvalue weighted by Crippen LogP contribution is -2.30. The fourth-order valence-corrected chi connectivity index (χ4v) is 5.47. The minimum Gasteiger partial charge on any atom is -0.258 e. The number of hydrogen-bond acceptors (Lipinski definition) is 2. The Labute approximate surface area is 106 Å². The molecule has 2 rings (SSSR count). The Balaban J connectivity index is 2.39. The third-order valence-corrected chi connectivity index (χ3v) is 7.08. The van der Waals surface area contributed by atoms with E-state index in [2.05, 4.69) is 35.0 Å². The number of thioether (sulfide) groups is 1. The smallest absolute Gasteiger partial charge is 0.113 e. The molecular formula is C11H13BrOS2. The second-order valence-corrected chi connectivity index (χ2v) is 8.31. The average molecular weight is 305 g/mol. The first-order valence-electron chi connectivity index (χ1n) is 4.91. The third-order valence-electron chi connectivity index (χ3n) is 2.64. The molecule has 0 N–H and O–H groups in total. The SMILES string of the molecule is C[C@@]1(c2cccc(Br)c2)SCCCS1=O. The highest BCUT2D eigenvalue weighted by molar-refractivity contribution is 9.10. The molecule has 1 unspecified atom stereocenters. The molecule has 0 spiro atoms. The Kier molecular flexibility index (Phi) is 3.58. The quantitative estimate of drug-likeness (QED) is 0.790. The molecule has 0 aromatic heterocycles. The van der Waals surface area contributed by atoms with Crippen LogP contribution in [0.5, 0.6) is 0 Å². The van der Waals surface area contributed by atoms with Crippen LogP contribution in [0.25, 0.3) is 0 Å². The summed E-state index contributed by atoms with van der Waals surface area (Å²) in [5, 5.41) is 0. The van der Waals surface area contributed by atoms with Crippen molar-refractivity contribution in [1.82, 2.24) is 0 Å². The van der Waals surface area contributed by atoms with Gasteiger partial charge in [-0.15, -0.1) is 11.8 Å². The van der Waals surface area contributed by atoms with Crippen LogP contribution in [-0.4, -0.2) is 15.7 Å². The Bertz CT molecular complexity index is 394. The van der Waals surface area contributed by atoms with E-state index in [1.807, 2.05) is 23.9 Å². The van der Waals surface area contributed by atoms with Crippen molar-refractivity contribution in [2.75, 3.05) is 11.5 Å². The van der Waals surface area contributed by atoms with E-state index in [-0.39, 0.29) is 4.08 Å². The van der Waals surface area contributed by atoms with Crippen LogP contribution in [0.4, 0.5) is 0 Å². The van der Waals surface area contributed by atoms with Crippen LogP contribution < -0.4 is 0 Å². The van der Waals surface area contributed by atoms with Crippen LogP contribution in [0.3, 0.4) is 0 Å². The van der Waals surface area contributed by atoms with E-state index in [0.29, 0.717) is 0 Å². The first kappa shape index (κ1) is 11.7.